The second-order valence-electron chi connectivity index (χ2n) is 4.43. The van der Waals surface area contributed by atoms with Crippen LogP contribution in [0.1, 0.15) is 39.8 Å². The van der Waals surface area contributed by atoms with Gasteiger partial charge in [0.2, 0.25) is 0 Å². The van der Waals surface area contributed by atoms with Crippen molar-refractivity contribution < 1.29 is 4.79 Å². The van der Waals surface area contributed by atoms with E-state index in [0.29, 0.717) is 17.3 Å². The molecule has 6 heteroatoms. The molecule has 0 unspecified atom stereocenters. The highest BCUT2D eigenvalue weighted by Crippen LogP contribution is 2.13. The first-order valence-electron chi connectivity index (χ1n) is 6.47. The molecule has 0 saturated heterocycles. The third kappa shape index (κ3) is 3.77. The van der Waals surface area contributed by atoms with Crippen LogP contribution in [0.25, 0.3) is 0 Å². The van der Waals surface area contributed by atoms with E-state index in [9.17, 15) is 4.79 Å². The van der Waals surface area contributed by atoms with Gasteiger partial charge in [-0.1, -0.05) is 42.1 Å². The highest BCUT2D eigenvalue weighted by Gasteiger charge is 2.15. The lowest BCUT2D eigenvalue weighted by Crippen LogP contribution is -2.23. The molecule has 1 aromatic heterocycles. The van der Waals surface area contributed by atoms with Gasteiger partial charge in [-0.25, -0.2) is 0 Å². The smallest absolute Gasteiger partial charge is 0.265 e. The molecular formula is C14H16ClN3OS. The van der Waals surface area contributed by atoms with Crippen LogP contribution < -0.4 is 5.32 Å². The van der Waals surface area contributed by atoms with Crippen LogP contribution in [-0.2, 0) is 18.8 Å². The van der Waals surface area contributed by atoms with Gasteiger partial charge in [0.1, 0.15) is 4.88 Å². The minimum atomic E-state index is -0.107. The van der Waals surface area contributed by atoms with Gasteiger partial charge < -0.3 is 5.32 Å². The summed E-state index contributed by atoms with van der Waals surface area (Å²) in [6.07, 6.45) is 1.73. The zero-order chi connectivity index (χ0) is 14.4. The van der Waals surface area contributed by atoms with Gasteiger partial charge in [-0.2, -0.15) is 0 Å². The number of carbonyl (C=O) groups excluding carboxylic acids is 1. The van der Waals surface area contributed by atoms with E-state index in [1.165, 1.54) is 0 Å². The number of aromatic nitrogens is 2. The third-order valence-corrected chi connectivity index (χ3v) is 3.95. The molecule has 0 bridgehead atoms. The molecule has 1 aromatic carbocycles. The lowest BCUT2D eigenvalue weighted by Gasteiger charge is -2.05. The number of benzene rings is 1. The first-order chi connectivity index (χ1) is 9.74. The Balaban J connectivity index is 1.95. The number of hydrogen-bond acceptors (Lipinski definition) is 4. The highest BCUT2D eigenvalue weighted by molar-refractivity contribution is 7.08. The fraction of sp³-hybridized carbons (Fsp3) is 0.357. The van der Waals surface area contributed by atoms with Crippen molar-refractivity contribution in [3.05, 3.63) is 46.0 Å². The van der Waals surface area contributed by atoms with Gasteiger partial charge in [0.15, 0.2) is 0 Å². The van der Waals surface area contributed by atoms with Gasteiger partial charge in [0.25, 0.3) is 5.91 Å². The van der Waals surface area contributed by atoms with Crippen LogP contribution in [0.15, 0.2) is 24.3 Å². The maximum atomic E-state index is 12.1. The number of nitrogens with one attached hydrogen (secondary N) is 1. The minimum Gasteiger partial charge on any atom is -0.347 e. The maximum Gasteiger partial charge on any atom is 0.265 e. The van der Waals surface area contributed by atoms with Crippen molar-refractivity contribution in [3.8, 4) is 0 Å². The second kappa shape index (κ2) is 7.36. The van der Waals surface area contributed by atoms with Crippen molar-refractivity contribution in [2.45, 2.75) is 32.2 Å². The molecule has 0 aliphatic carbocycles. The van der Waals surface area contributed by atoms with E-state index in [1.807, 2.05) is 24.3 Å². The van der Waals surface area contributed by atoms with Crippen molar-refractivity contribution in [1.29, 1.82) is 0 Å². The zero-order valence-corrected chi connectivity index (χ0v) is 12.8. The molecule has 0 radical (unpaired) electrons. The molecule has 0 aliphatic rings. The van der Waals surface area contributed by atoms with Crippen molar-refractivity contribution in [2.75, 3.05) is 0 Å². The highest BCUT2D eigenvalue weighted by atomic mass is 35.5. The number of carbonyl (C=O) groups is 1. The molecule has 4 nitrogen and oxygen atoms in total. The topological polar surface area (TPSA) is 54.9 Å². The van der Waals surface area contributed by atoms with Crippen molar-refractivity contribution >= 4 is 29.0 Å². The fourth-order valence-corrected chi connectivity index (χ4v) is 2.59. The molecule has 0 saturated carbocycles. The van der Waals surface area contributed by atoms with Gasteiger partial charge >= 0.3 is 0 Å². The summed E-state index contributed by atoms with van der Waals surface area (Å²) in [5, 5.41) is 6.89. The van der Waals surface area contributed by atoms with E-state index in [0.717, 1.165) is 41.2 Å². The Labute approximate surface area is 127 Å². The van der Waals surface area contributed by atoms with Gasteiger partial charge in [0, 0.05) is 12.4 Å². The number of hydrogen-bond donors (Lipinski definition) is 1. The summed E-state index contributed by atoms with van der Waals surface area (Å²) in [5.74, 6) is 0.393. The van der Waals surface area contributed by atoms with Gasteiger partial charge in [0.05, 0.1) is 5.69 Å². The Hall–Kier alpha value is -1.46. The van der Waals surface area contributed by atoms with Crippen LogP contribution >= 0.6 is 23.1 Å². The van der Waals surface area contributed by atoms with Crippen LogP contribution in [0.5, 0.6) is 0 Å². The SMILES string of the molecule is CCCc1nnsc1C(=O)NCc1ccc(CCl)cc1. The lowest BCUT2D eigenvalue weighted by atomic mass is 10.1. The number of amides is 1. The van der Waals surface area contributed by atoms with E-state index < -0.39 is 0 Å². The molecule has 1 heterocycles. The summed E-state index contributed by atoms with van der Waals surface area (Å²) in [6.45, 7) is 2.55. The summed E-state index contributed by atoms with van der Waals surface area (Å²) in [5.41, 5.74) is 2.90. The predicted molar refractivity (Wildman–Crippen MR) is 81.1 cm³/mol. The Morgan fingerprint density at radius 3 is 2.65 bits per heavy atom. The molecule has 1 N–H and O–H groups in total. The second-order valence-corrected chi connectivity index (χ2v) is 5.45. The number of alkyl halides is 1. The van der Waals surface area contributed by atoms with Crippen LogP contribution in [0, 0.1) is 0 Å². The van der Waals surface area contributed by atoms with E-state index in [1.54, 1.807) is 0 Å². The predicted octanol–water partition coefficient (Wildman–Crippen LogP) is 3.16. The molecule has 20 heavy (non-hydrogen) atoms. The van der Waals surface area contributed by atoms with Crippen LogP contribution in [0.2, 0.25) is 0 Å². The number of aryl methyl sites for hydroxylation is 1. The molecule has 2 aromatic rings. The molecule has 0 atom stereocenters. The van der Waals surface area contributed by atoms with Gasteiger partial charge in [-0.3, -0.25) is 4.79 Å². The summed E-state index contributed by atoms with van der Waals surface area (Å²) in [4.78, 5) is 12.7. The molecule has 2 rings (SSSR count). The van der Waals surface area contributed by atoms with E-state index in [4.69, 9.17) is 11.6 Å². The standard InChI is InChI=1S/C14H16ClN3OS/c1-2-3-12-13(20-18-17-12)14(19)16-9-11-6-4-10(8-15)5-7-11/h4-7H,2-3,8-9H2,1H3,(H,16,19). The van der Waals surface area contributed by atoms with E-state index >= 15 is 0 Å². The van der Waals surface area contributed by atoms with Gasteiger partial charge in [-0.15, -0.1) is 16.7 Å². The molecule has 0 fully saturated rings. The normalized spacial score (nSPS) is 10.5. The Morgan fingerprint density at radius 1 is 1.30 bits per heavy atom. The van der Waals surface area contributed by atoms with Crippen molar-refractivity contribution in [2.24, 2.45) is 0 Å². The lowest BCUT2D eigenvalue weighted by molar-refractivity contribution is 0.0954. The summed E-state index contributed by atoms with van der Waals surface area (Å²) >= 11 is 6.89. The molecule has 0 aliphatic heterocycles. The molecule has 0 spiro atoms. The number of rotatable bonds is 6. The Morgan fingerprint density at radius 2 is 2.00 bits per heavy atom. The zero-order valence-electron chi connectivity index (χ0n) is 11.2. The monoisotopic (exact) mass is 309 g/mol. The van der Waals surface area contributed by atoms with Crippen molar-refractivity contribution in [3.63, 3.8) is 0 Å². The fourth-order valence-electron chi connectivity index (χ4n) is 1.79. The van der Waals surface area contributed by atoms with Crippen LogP contribution in [0.4, 0.5) is 0 Å². The Kier molecular flexibility index (Phi) is 5.49. The molecule has 1 amide bonds. The molecular weight excluding hydrogens is 294 g/mol. The van der Waals surface area contributed by atoms with Crippen LogP contribution in [0.3, 0.4) is 0 Å². The average molecular weight is 310 g/mol. The minimum absolute atomic E-state index is 0.107. The quantitative estimate of drug-likeness (QED) is 0.834. The summed E-state index contributed by atoms with van der Waals surface area (Å²) in [6, 6.07) is 7.86. The van der Waals surface area contributed by atoms with Gasteiger partial charge in [-0.05, 0) is 29.1 Å². The Bertz CT molecular complexity index is 568. The first kappa shape index (κ1) is 14.9. The van der Waals surface area contributed by atoms with Crippen LogP contribution in [-0.4, -0.2) is 15.5 Å². The van der Waals surface area contributed by atoms with E-state index in [-0.39, 0.29) is 5.91 Å². The number of halogens is 1. The summed E-state index contributed by atoms with van der Waals surface area (Å²) in [7, 11) is 0. The first-order valence-corrected chi connectivity index (χ1v) is 7.78. The van der Waals surface area contributed by atoms with E-state index in [2.05, 4.69) is 21.8 Å². The number of nitrogens with zero attached hydrogens (tertiary/aromatic N) is 2. The summed E-state index contributed by atoms with van der Waals surface area (Å²) < 4.78 is 3.86. The van der Waals surface area contributed by atoms with Crippen molar-refractivity contribution in [1.82, 2.24) is 14.9 Å². The molecule has 106 valence electrons. The third-order valence-electron chi connectivity index (χ3n) is 2.88. The average Bonchev–Trinajstić information content (AvgIpc) is 2.94. The maximum absolute atomic E-state index is 12.1. The largest absolute Gasteiger partial charge is 0.347 e.